The molecule has 0 N–H and O–H groups in total. The number of benzene rings is 4. The SMILES string of the molecule is CCCCC#CC1(OC(=O)OC2(C#CCCCC)CCCCC2CCCC2(C)c3cc(Br)ccc3-c3ccc(Br)cc32)CCCCC1CCCC1(C)c2cc(Br)ccc2-c2ccc(Br)cc21. The average Bonchev–Trinajstić information content (AvgIpc) is 3.67. The van der Waals surface area contributed by atoms with Crippen LogP contribution in [0.1, 0.15) is 178 Å². The van der Waals surface area contributed by atoms with E-state index in [1.165, 1.54) is 44.5 Å². The molecule has 348 valence electrons. The fourth-order valence-corrected chi connectivity index (χ4v) is 13.6. The van der Waals surface area contributed by atoms with Crippen LogP contribution in [-0.2, 0) is 20.3 Å². The standard InChI is InChI=1S/C59H66Br4O3/c1-5-7-9-13-33-58(35-15-11-19-41(58)21-17-31-56(3)51-37-43(60)23-27-47(51)48-28-24-44(61)38-52(48)56)65-55(64)66-59(34-14-10-8-6-2)36-16-12-20-42(59)22-18-32-57(4)53-39-45(62)25-29-49(53)50-30-26-46(63)40-54(50)57/h23-30,37-42H,5-12,15-22,31-32,35-36H2,1-4H3. The Balaban J connectivity index is 1.03. The Kier molecular flexibility index (Phi) is 16.1. The molecule has 66 heavy (non-hydrogen) atoms. The number of ether oxygens (including phenoxy) is 2. The van der Waals surface area contributed by atoms with Gasteiger partial charge in [-0.25, -0.2) is 4.79 Å². The van der Waals surface area contributed by atoms with Gasteiger partial charge >= 0.3 is 6.16 Å². The van der Waals surface area contributed by atoms with Crippen molar-refractivity contribution in [3.63, 3.8) is 0 Å². The summed E-state index contributed by atoms with van der Waals surface area (Å²) in [7, 11) is 0. The summed E-state index contributed by atoms with van der Waals surface area (Å²) in [5.74, 6) is 14.6. The number of unbranched alkanes of at least 4 members (excludes halogenated alkanes) is 4. The molecule has 4 aliphatic rings. The maximum Gasteiger partial charge on any atom is 0.511 e. The molecule has 0 amide bonds. The first-order chi connectivity index (χ1) is 31.8. The van der Waals surface area contributed by atoms with Crippen LogP contribution >= 0.6 is 63.7 Å². The van der Waals surface area contributed by atoms with E-state index in [1.807, 2.05) is 0 Å². The van der Waals surface area contributed by atoms with E-state index in [0.29, 0.717) is 0 Å². The van der Waals surface area contributed by atoms with Gasteiger partial charge in [-0.15, -0.1) is 0 Å². The van der Waals surface area contributed by atoms with Gasteiger partial charge in [0.1, 0.15) is 0 Å². The number of hydrogen-bond acceptors (Lipinski definition) is 3. The third-order valence-electron chi connectivity index (χ3n) is 15.8. The predicted molar refractivity (Wildman–Crippen MR) is 287 cm³/mol. The van der Waals surface area contributed by atoms with Crippen molar-refractivity contribution in [1.82, 2.24) is 0 Å². The third kappa shape index (κ3) is 10.2. The van der Waals surface area contributed by atoms with E-state index < -0.39 is 17.4 Å². The molecule has 4 aromatic rings. The lowest BCUT2D eigenvalue weighted by Crippen LogP contribution is -2.48. The second kappa shape index (κ2) is 21.5. The van der Waals surface area contributed by atoms with Crippen molar-refractivity contribution < 1.29 is 14.3 Å². The zero-order chi connectivity index (χ0) is 46.5. The van der Waals surface area contributed by atoms with Crippen molar-refractivity contribution in [2.24, 2.45) is 11.8 Å². The molecule has 0 aliphatic heterocycles. The molecule has 0 aromatic heterocycles. The lowest BCUT2D eigenvalue weighted by molar-refractivity contribution is -0.0996. The molecule has 2 saturated carbocycles. The van der Waals surface area contributed by atoms with E-state index in [0.717, 1.165) is 146 Å². The summed E-state index contributed by atoms with van der Waals surface area (Å²) in [5, 5.41) is 0. The molecule has 3 nitrogen and oxygen atoms in total. The topological polar surface area (TPSA) is 35.5 Å². The molecule has 0 spiro atoms. The van der Waals surface area contributed by atoms with E-state index in [9.17, 15) is 4.79 Å². The van der Waals surface area contributed by atoms with Gasteiger partial charge in [0.25, 0.3) is 0 Å². The first-order valence-corrected chi connectivity index (χ1v) is 28.1. The van der Waals surface area contributed by atoms with Gasteiger partial charge in [-0.1, -0.05) is 178 Å². The maximum atomic E-state index is 14.8. The number of fused-ring (bicyclic) bond motifs is 6. The van der Waals surface area contributed by atoms with E-state index in [4.69, 9.17) is 9.47 Å². The first-order valence-electron chi connectivity index (χ1n) is 25.0. The fourth-order valence-electron chi connectivity index (χ4n) is 12.2. The van der Waals surface area contributed by atoms with E-state index in [-0.39, 0.29) is 22.7 Å². The molecule has 4 unspecified atom stereocenters. The molecule has 4 aromatic carbocycles. The summed E-state index contributed by atoms with van der Waals surface area (Å²) < 4.78 is 18.1. The van der Waals surface area contributed by atoms with Gasteiger partial charge in [-0.3, -0.25) is 0 Å². The van der Waals surface area contributed by atoms with Crippen LogP contribution in [0.2, 0.25) is 0 Å². The summed E-state index contributed by atoms with van der Waals surface area (Å²) in [4.78, 5) is 14.8. The van der Waals surface area contributed by atoms with E-state index in [1.54, 1.807) is 0 Å². The minimum absolute atomic E-state index is 0.119. The number of rotatable bonds is 14. The Bertz CT molecular complexity index is 2260. The first kappa shape index (κ1) is 49.6. The highest BCUT2D eigenvalue weighted by Gasteiger charge is 2.49. The number of carbonyl (C=O) groups is 1. The van der Waals surface area contributed by atoms with Crippen LogP contribution < -0.4 is 0 Å². The van der Waals surface area contributed by atoms with Crippen molar-refractivity contribution in [3.05, 3.63) is 113 Å². The van der Waals surface area contributed by atoms with Gasteiger partial charge in [0.15, 0.2) is 11.2 Å². The van der Waals surface area contributed by atoms with Gasteiger partial charge in [0.2, 0.25) is 0 Å². The Morgan fingerprint density at radius 1 is 0.545 bits per heavy atom. The van der Waals surface area contributed by atoms with E-state index >= 15 is 0 Å². The van der Waals surface area contributed by atoms with Crippen LogP contribution in [0, 0.1) is 35.5 Å². The van der Waals surface area contributed by atoms with Gasteiger partial charge in [-0.05, 0) is 170 Å². The van der Waals surface area contributed by atoms with E-state index in [2.05, 4.69) is 188 Å². The number of carbonyl (C=O) groups excluding carboxylic acids is 1. The molecule has 8 rings (SSSR count). The fraction of sp³-hybridized carbons (Fsp3) is 0.508. The Morgan fingerprint density at radius 3 is 1.23 bits per heavy atom. The van der Waals surface area contributed by atoms with Gasteiger partial charge in [0, 0.05) is 53.4 Å². The monoisotopic (exact) mass is 1140 g/mol. The molecular weight excluding hydrogens is 1080 g/mol. The number of hydrogen-bond donors (Lipinski definition) is 0. The van der Waals surface area contributed by atoms with Crippen LogP contribution in [0.4, 0.5) is 4.79 Å². The molecular formula is C59H66Br4O3. The van der Waals surface area contributed by atoms with Crippen molar-refractivity contribution in [2.45, 2.75) is 178 Å². The second-order valence-electron chi connectivity index (χ2n) is 20.1. The van der Waals surface area contributed by atoms with Crippen molar-refractivity contribution >= 4 is 69.9 Å². The van der Waals surface area contributed by atoms with Crippen molar-refractivity contribution in [2.75, 3.05) is 0 Å². The summed E-state index contributed by atoms with van der Waals surface area (Å²) in [6.45, 7) is 9.23. The minimum atomic E-state index is -0.886. The number of halogens is 4. The summed E-state index contributed by atoms with van der Waals surface area (Å²) in [6, 6.07) is 26.9. The highest BCUT2D eigenvalue weighted by atomic mass is 79.9. The second-order valence-corrected chi connectivity index (χ2v) is 23.8. The van der Waals surface area contributed by atoms with Crippen LogP contribution in [-0.4, -0.2) is 17.4 Å². The van der Waals surface area contributed by atoms with Gasteiger partial charge in [0.05, 0.1) is 0 Å². The lowest BCUT2D eigenvalue weighted by atomic mass is 9.70. The third-order valence-corrected chi connectivity index (χ3v) is 17.8. The Morgan fingerprint density at radius 2 is 0.894 bits per heavy atom. The van der Waals surface area contributed by atoms with Crippen LogP contribution in [0.3, 0.4) is 0 Å². The smallest absolute Gasteiger partial charge is 0.414 e. The van der Waals surface area contributed by atoms with Crippen LogP contribution in [0.5, 0.6) is 0 Å². The molecule has 0 radical (unpaired) electrons. The highest BCUT2D eigenvalue weighted by molar-refractivity contribution is 9.11. The zero-order valence-corrected chi connectivity index (χ0v) is 45.8. The lowest BCUT2D eigenvalue weighted by Gasteiger charge is -2.43. The quantitative estimate of drug-likeness (QED) is 0.0717. The highest BCUT2D eigenvalue weighted by Crippen LogP contribution is 2.55. The Hall–Kier alpha value is -2.81. The summed E-state index contributed by atoms with van der Waals surface area (Å²) in [6.07, 6.45) is 18.7. The molecule has 7 heteroatoms. The Labute approximate surface area is 429 Å². The molecule has 0 heterocycles. The predicted octanol–water partition coefficient (Wildman–Crippen LogP) is 18.7. The molecule has 4 aliphatic carbocycles. The van der Waals surface area contributed by atoms with Crippen LogP contribution in [0.25, 0.3) is 22.3 Å². The van der Waals surface area contributed by atoms with Crippen LogP contribution in [0.15, 0.2) is 90.7 Å². The normalized spacial score (nSPS) is 23.0. The van der Waals surface area contributed by atoms with Gasteiger partial charge < -0.3 is 9.47 Å². The zero-order valence-electron chi connectivity index (χ0n) is 39.5. The average molecular weight is 1140 g/mol. The molecule has 2 fully saturated rings. The molecule has 0 saturated heterocycles. The molecule has 4 atom stereocenters. The summed E-state index contributed by atoms with van der Waals surface area (Å²) >= 11 is 15.2. The van der Waals surface area contributed by atoms with Crippen molar-refractivity contribution in [1.29, 1.82) is 0 Å². The minimum Gasteiger partial charge on any atom is -0.414 e. The molecule has 0 bridgehead atoms. The largest absolute Gasteiger partial charge is 0.511 e. The van der Waals surface area contributed by atoms with Gasteiger partial charge in [-0.2, -0.15) is 0 Å². The summed E-state index contributed by atoms with van der Waals surface area (Å²) in [5.41, 5.74) is 8.72. The van der Waals surface area contributed by atoms with Crippen molar-refractivity contribution in [3.8, 4) is 45.9 Å². The maximum absolute atomic E-state index is 14.8.